The number of rotatable bonds is 3. The van der Waals surface area contributed by atoms with Crippen LogP contribution in [-0.4, -0.2) is 17.6 Å². The van der Waals surface area contributed by atoms with Crippen LogP contribution >= 0.6 is 11.6 Å². The first kappa shape index (κ1) is 14.9. The van der Waals surface area contributed by atoms with Gasteiger partial charge in [0, 0.05) is 5.02 Å². The number of hydrogen-bond donors (Lipinski definition) is 1. The van der Waals surface area contributed by atoms with E-state index in [0.717, 1.165) is 0 Å². The topological polar surface area (TPSA) is 52.3 Å². The van der Waals surface area contributed by atoms with E-state index in [0.29, 0.717) is 5.56 Å². The summed E-state index contributed by atoms with van der Waals surface area (Å²) in [6, 6.07) is 3.18. The lowest BCUT2D eigenvalue weighted by molar-refractivity contribution is -0.156. The third-order valence-corrected chi connectivity index (χ3v) is 2.52. The Morgan fingerprint density at radius 3 is 2.61 bits per heavy atom. The first-order chi connectivity index (χ1) is 8.19. The Bertz CT molecular complexity index is 443. The van der Waals surface area contributed by atoms with Crippen LogP contribution in [0.5, 0.6) is 0 Å². The summed E-state index contributed by atoms with van der Waals surface area (Å²) in [5.41, 5.74) is 5.78. The van der Waals surface area contributed by atoms with Crippen LogP contribution in [0.15, 0.2) is 18.2 Å². The molecule has 0 spiro atoms. The smallest absolute Gasteiger partial charge is 0.323 e. The molecule has 0 aliphatic carbocycles. The van der Waals surface area contributed by atoms with Gasteiger partial charge in [0.25, 0.3) is 0 Å². The van der Waals surface area contributed by atoms with Gasteiger partial charge in [-0.15, -0.1) is 0 Å². The summed E-state index contributed by atoms with van der Waals surface area (Å²) < 4.78 is 18.0. The number of esters is 1. The van der Waals surface area contributed by atoms with Crippen LogP contribution in [0.3, 0.4) is 0 Å². The molecule has 1 rings (SSSR count). The van der Waals surface area contributed by atoms with Crippen molar-refractivity contribution in [1.29, 1.82) is 0 Å². The van der Waals surface area contributed by atoms with Crippen molar-refractivity contribution in [2.45, 2.75) is 38.8 Å². The Morgan fingerprint density at radius 2 is 2.11 bits per heavy atom. The molecule has 0 heterocycles. The standard InChI is InChI=1S/C13H17ClFNO2/c1-13(2,3)18-12(17)11(16)6-8-4-5-9(15)7-10(8)14/h4-5,7,11H,6,16H2,1-3H3. The summed E-state index contributed by atoms with van der Waals surface area (Å²) in [6.45, 7) is 5.30. The fraction of sp³-hybridized carbons (Fsp3) is 0.462. The van der Waals surface area contributed by atoms with Crippen molar-refractivity contribution < 1.29 is 13.9 Å². The number of ether oxygens (including phenoxy) is 1. The summed E-state index contributed by atoms with van der Waals surface area (Å²) in [7, 11) is 0. The first-order valence-corrected chi connectivity index (χ1v) is 5.99. The second-order valence-corrected chi connectivity index (χ2v) is 5.49. The Labute approximate surface area is 111 Å². The number of carbonyl (C=O) groups excluding carboxylic acids is 1. The minimum atomic E-state index is -0.813. The first-order valence-electron chi connectivity index (χ1n) is 5.61. The zero-order valence-corrected chi connectivity index (χ0v) is 11.4. The minimum absolute atomic E-state index is 0.216. The number of halogens is 2. The molecule has 2 N–H and O–H groups in total. The predicted octanol–water partition coefficient (Wildman–Crippen LogP) is 2.69. The van der Waals surface area contributed by atoms with Gasteiger partial charge in [-0.1, -0.05) is 17.7 Å². The van der Waals surface area contributed by atoms with Crippen LogP contribution in [-0.2, 0) is 16.0 Å². The van der Waals surface area contributed by atoms with Gasteiger partial charge in [-0.25, -0.2) is 4.39 Å². The van der Waals surface area contributed by atoms with Crippen LogP contribution < -0.4 is 5.73 Å². The van der Waals surface area contributed by atoms with Crippen molar-refractivity contribution in [2.75, 3.05) is 0 Å². The summed E-state index contributed by atoms with van der Waals surface area (Å²) in [6.07, 6.45) is 0.216. The highest BCUT2D eigenvalue weighted by Gasteiger charge is 2.22. The molecular weight excluding hydrogens is 257 g/mol. The maximum absolute atomic E-state index is 12.9. The fourth-order valence-electron chi connectivity index (χ4n) is 1.38. The summed E-state index contributed by atoms with van der Waals surface area (Å²) in [4.78, 5) is 11.7. The van der Waals surface area contributed by atoms with E-state index in [4.69, 9.17) is 22.1 Å². The second kappa shape index (κ2) is 5.67. The molecule has 18 heavy (non-hydrogen) atoms. The molecule has 3 nitrogen and oxygen atoms in total. The van der Waals surface area contributed by atoms with Gasteiger partial charge in [-0.2, -0.15) is 0 Å². The molecule has 0 radical (unpaired) electrons. The van der Waals surface area contributed by atoms with Crippen molar-refractivity contribution in [3.63, 3.8) is 0 Å². The maximum Gasteiger partial charge on any atom is 0.323 e. The van der Waals surface area contributed by atoms with Gasteiger partial charge in [-0.3, -0.25) is 4.79 Å². The zero-order valence-electron chi connectivity index (χ0n) is 10.7. The van der Waals surface area contributed by atoms with E-state index in [1.807, 2.05) is 0 Å². The van der Waals surface area contributed by atoms with Gasteiger partial charge in [0.15, 0.2) is 0 Å². The van der Waals surface area contributed by atoms with Gasteiger partial charge in [0.2, 0.25) is 0 Å². The minimum Gasteiger partial charge on any atom is -0.459 e. The molecule has 0 fully saturated rings. The molecule has 1 aromatic carbocycles. The highest BCUT2D eigenvalue weighted by molar-refractivity contribution is 6.31. The number of nitrogens with two attached hydrogens (primary N) is 1. The van der Waals surface area contributed by atoms with Crippen molar-refractivity contribution in [2.24, 2.45) is 5.73 Å². The van der Waals surface area contributed by atoms with Gasteiger partial charge in [0.05, 0.1) is 0 Å². The lowest BCUT2D eigenvalue weighted by Crippen LogP contribution is -2.38. The van der Waals surface area contributed by atoms with Gasteiger partial charge in [-0.05, 0) is 44.9 Å². The largest absolute Gasteiger partial charge is 0.459 e. The number of benzene rings is 1. The zero-order chi connectivity index (χ0) is 13.9. The quantitative estimate of drug-likeness (QED) is 0.862. The van der Waals surface area contributed by atoms with E-state index in [1.165, 1.54) is 18.2 Å². The maximum atomic E-state index is 12.9. The summed E-state index contributed by atoms with van der Waals surface area (Å²) in [5, 5.41) is 0.258. The van der Waals surface area contributed by atoms with Gasteiger partial charge in [0.1, 0.15) is 17.5 Å². The van der Waals surface area contributed by atoms with Gasteiger partial charge >= 0.3 is 5.97 Å². The van der Waals surface area contributed by atoms with Crippen LogP contribution in [0.4, 0.5) is 4.39 Å². The molecule has 0 bridgehead atoms. The number of hydrogen-bond acceptors (Lipinski definition) is 3. The van der Waals surface area contributed by atoms with Crippen molar-refractivity contribution in [1.82, 2.24) is 0 Å². The van der Waals surface area contributed by atoms with Crippen LogP contribution in [0, 0.1) is 5.82 Å². The molecule has 100 valence electrons. The normalized spacial score (nSPS) is 13.2. The average molecular weight is 274 g/mol. The molecule has 0 aliphatic rings. The number of carbonyl (C=O) groups is 1. The lowest BCUT2D eigenvalue weighted by Gasteiger charge is -2.22. The second-order valence-electron chi connectivity index (χ2n) is 5.08. The molecule has 0 saturated heterocycles. The Hall–Kier alpha value is -1.13. The van der Waals surface area contributed by atoms with E-state index >= 15 is 0 Å². The van der Waals surface area contributed by atoms with Gasteiger partial charge < -0.3 is 10.5 Å². The molecule has 1 atom stereocenters. The Balaban J connectivity index is 2.69. The van der Waals surface area contributed by atoms with Crippen molar-refractivity contribution in [3.05, 3.63) is 34.6 Å². The molecule has 0 aliphatic heterocycles. The Kier molecular flexibility index (Phi) is 4.71. The molecule has 0 saturated carbocycles. The van der Waals surface area contributed by atoms with Crippen molar-refractivity contribution >= 4 is 17.6 Å². The SMILES string of the molecule is CC(C)(C)OC(=O)C(N)Cc1ccc(F)cc1Cl. The average Bonchev–Trinajstić information content (AvgIpc) is 2.19. The van der Waals surface area contributed by atoms with Crippen LogP contribution in [0.25, 0.3) is 0 Å². The van der Waals surface area contributed by atoms with Crippen LogP contribution in [0.1, 0.15) is 26.3 Å². The molecule has 1 unspecified atom stereocenters. The molecule has 1 aromatic rings. The van der Waals surface area contributed by atoms with E-state index in [2.05, 4.69) is 0 Å². The van der Waals surface area contributed by atoms with Crippen LogP contribution in [0.2, 0.25) is 5.02 Å². The summed E-state index contributed by atoms with van der Waals surface area (Å²) >= 11 is 5.86. The van der Waals surface area contributed by atoms with Crippen molar-refractivity contribution in [3.8, 4) is 0 Å². The van der Waals surface area contributed by atoms with E-state index in [-0.39, 0.29) is 11.4 Å². The third kappa shape index (κ3) is 4.63. The Morgan fingerprint density at radius 1 is 1.50 bits per heavy atom. The highest BCUT2D eigenvalue weighted by atomic mass is 35.5. The van der Waals surface area contributed by atoms with E-state index in [9.17, 15) is 9.18 Å². The molecular formula is C13H17ClFNO2. The molecule has 0 amide bonds. The summed E-state index contributed by atoms with van der Waals surface area (Å²) in [5.74, 6) is -0.919. The van der Waals surface area contributed by atoms with E-state index in [1.54, 1.807) is 20.8 Å². The predicted molar refractivity (Wildman–Crippen MR) is 68.9 cm³/mol. The third-order valence-electron chi connectivity index (χ3n) is 2.16. The lowest BCUT2D eigenvalue weighted by atomic mass is 10.1. The monoisotopic (exact) mass is 273 g/mol. The van der Waals surface area contributed by atoms with E-state index < -0.39 is 23.4 Å². The highest BCUT2D eigenvalue weighted by Crippen LogP contribution is 2.19. The molecule has 5 heteroatoms. The molecule has 0 aromatic heterocycles. The fourth-order valence-corrected chi connectivity index (χ4v) is 1.63.